The lowest BCUT2D eigenvalue weighted by molar-refractivity contribution is 0.147. The Balaban J connectivity index is 2.52. The molecule has 1 aromatic carbocycles. The van der Waals surface area contributed by atoms with Gasteiger partial charge in [0.15, 0.2) is 0 Å². The van der Waals surface area contributed by atoms with Crippen LogP contribution in [0.3, 0.4) is 0 Å². The minimum absolute atomic E-state index is 0.0845. The van der Waals surface area contributed by atoms with Gasteiger partial charge in [-0.25, -0.2) is 4.79 Å². The monoisotopic (exact) mass is 222 g/mol. The van der Waals surface area contributed by atoms with E-state index in [0.29, 0.717) is 12.3 Å². The Hall–Kier alpha value is -1.55. The van der Waals surface area contributed by atoms with E-state index in [0.717, 1.165) is 6.42 Å². The molecule has 2 N–H and O–H groups in total. The zero-order valence-corrected chi connectivity index (χ0v) is 9.72. The van der Waals surface area contributed by atoms with Crippen molar-refractivity contribution in [2.45, 2.75) is 19.4 Å². The number of benzene rings is 1. The van der Waals surface area contributed by atoms with Gasteiger partial charge in [-0.2, -0.15) is 0 Å². The molecule has 0 saturated heterocycles. The topological polar surface area (TPSA) is 55.6 Å². The number of ether oxygens (including phenoxy) is 1. The van der Waals surface area contributed by atoms with Crippen LogP contribution >= 0.6 is 0 Å². The van der Waals surface area contributed by atoms with Gasteiger partial charge in [0.25, 0.3) is 0 Å². The Morgan fingerprint density at radius 1 is 1.44 bits per heavy atom. The molecule has 0 fully saturated rings. The number of hydrogen-bond donors (Lipinski definition) is 1. The van der Waals surface area contributed by atoms with Crippen LogP contribution < -0.4 is 10.5 Å². The van der Waals surface area contributed by atoms with Gasteiger partial charge >= 0.3 is 6.09 Å². The smallest absolute Gasteiger partial charge is 0.410 e. The number of nitrogens with zero attached hydrogens (tertiary/aromatic N) is 1. The quantitative estimate of drug-likeness (QED) is 0.846. The summed E-state index contributed by atoms with van der Waals surface area (Å²) in [7, 11) is 1.71. The second-order valence-electron chi connectivity index (χ2n) is 3.72. The molecule has 0 bridgehead atoms. The number of carbonyl (C=O) groups excluding carboxylic acids is 1. The van der Waals surface area contributed by atoms with Crippen LogP contribution in [-0.2, 0) is 0 Å². The third-order valence-electron chi connectivity index (χ3n) is 2.48. The van der Waals surface area contributed by atoms with Crippen molar-refractivity contribution in [2.24, 2.45) is 5.73 Å². The largest absolute Gasteiger partial charge is 0.415 e. The average molecular weight is 222 g/mol. The lowest BCUT2D eigenvalue weighted by atomic mass is 10.2. The Kier molecular flexibility index (Phi) is 4.79. The molecule has 1 rings (SSSR count). The number of para-hydroxylation sites is 1. The molecule has 1 unspecified atom stereocenters. The fraction of sp³-hybridized carbons (Fsp3) is 0.417. The van der Waals surface area contributed by atoms with Crippen LogP contribution in [0.2, 0.25) is 0 Å². The molecule has 0 aliphatic carbocycles. The number of hydrogen-bond acceptors (Lipinski definition) is 3. The van der Waals surface area contributed by atoms with Crippen LogP contribution in [0.15, 0.2) is 30.3 Å². The molecule has 0 aliphatic rings. The summed E-state index contributed by atoms with van der Waals surface area (Å²) >= 11 is 0. The maximum atomic E-state index is 11.7. The molecular formula is C12H18N2O2. The SMILES string of the molecule is CC(CCN)N(C)C(=O)Oc1ccccc1. The summed E-state index contributed by atoms with van der Waals surface area (Å²) in [6, 6.07) is 9.11. The van der Waals surface area contributed by atoms with Crippen LogP contribution in [0, 0.1) is 0 Å². The fourth-order valence-electron chi connectivity index (χ4n) is 1.28. The number of carbonyl (C=O) groups is 1. The Labute approximate surface area is 96.0 Å². The molecule has 0 aliphatic heterocycles. The van der Waals surface area contributed by atoms with E-state index in [4.69, 9.17) is 10.5 Å². The van der Waals surface area contributed by atoms with Crippen molar-refractivity contribution in [1.29, 1.82) is 0 Å². The first-order chi connectivity index (χ1) is 7.65. The standard InChI is InChI=1S/C12H18N2O2/c1-10(8-9-13)14(2)12(15)16-11-6-4-3-5-7-11/h3-7,10H,8-9,13H2,1-2H3. The Bertz CT molecular complexity index is 327. The van der Waals surface area contributed by atoms with Crippen molar-refractivity contribution < 1.29 is 9.53 Å². The van der Waals surface area contributed by atoms with Crippen LogP contribution in [0.4, 0.5) is 4.79 Å². The number of rotatable bonds is 4. The van der Waals surface area contributed by atoms with Gasteiger partial charge < -0.3 is 15.4 Å². The summed E-state index contributed by atoms with van der Waals surface area (Å²) in [5.41, 5.74) is 5.44. The molecule has 0 radical (unpaired) electrons. The molecule has 0 heterocycles. The van der Waals surface area contributed by atoms with Gasteiger partial charge in [0.1, 0.15) is 5.75 Å². The van der Waals surface area contributed by atoms with Crippen molar-refractivity contribution >= 4 is 6.09 Å². The molecule has 16 heavy (non-hydrogen) atoms. The first-order valence-electron chi connectivity index (χ1n) is 5.35. The Morgan fingerprint density at radius 2 is 2.06 bits per heavy atom. The molecule has 1 amide bonds. The third-order valence-corrected chi connectivity index (χ3v) is 2.48. The van der Waals surface area contributed by atoms with E-state index in [2.05, 4.69) is 0 Å². The van der Waals surface area contributed by atoms with Gasteiger partial charge in [-0.05, 0) is 32.0 Å². The van der Waals surface area contributed by atoms with Crippen LogP contribution in [0.5, 0.6) is 5.75 Å². The van der Waals surface area contributed by atoms with Crippen molar-refractivity contribution in [3.05, 3.63) is 30.3 Å². The summed E-state index contributed by atoms with van der Waals surface area (Å²) in [6.45, 7) is 2.50. The van der Waals surface area contributed by atoms with Crippen LogP contribution in [-0.4, -0.2) is 30.6 Å². The molecule has 4 nitrogen and oxygen atoms in total. The maximum Gasteiger partial charge on any atom is 0.415 e. The van der Waals surface area contributed by atoms with Crippen LogP contribution in [0.1, 0.15) is 13.3 Å². The molecule has 0 aromatic heterocycles. The zero-order valence-electron chi connectivity index (χ0n) is 9.72. The second kappa shape index (κ2) is 6.12. The predicted octanol–water partition coefficient (Wildman–Crippen LogP) is 1.85. The van der Waals surface area contributed by atoms with Gasteiger partial charge in [-0.3, -0.25) is 0 Å². The molecule has 0 saturated carbocycles. The summed E-state index contributed by atoms with van der Waals surface area (Å²) in [5, 5.41) is 0. The van der Waals surface area contributed by atoms with Crippen LogP contribution in [0.25, 0.3) is 0 Å². The highest BCUT2D eigenvalue weighted by Gasteiger charge is 2.16. The number of amides is 1. The zero-order chi connectivity index (χ0) is 12.0. The minimum Gasteiger partial charge on any atom is -0.410 e. The van der Waals surface area contributed by atoms with Gasteiger partial charge in [0.2, 0.25) is 0 Å². The van der Waals surface area contributed by atoms with Crippen molar-refractivity contribution in [3.8, 4) is 5.75 Å². The van der Waals surface area contributed by atoms with E-state index < -0.39 is 0 Å². The van der Waals surface area contributed by atoms with E-state index in [1.54, 1.807) is 24.1 Å². The highest BCUT2D eigenvalue weighted by Crippen LogP contribution is 2.11. The fourth-order valence-corrected chi connectivity index (χ4v) is 1.28. The molecule has 1 atom stereocenters. The second-order valence-corrected chi connectivity index (χ2v) is 3.72. The molecule has 1 aromatic rings. The van der Waals surface area contributed by atoms with Crippen molar-refractivity contribution in [2.75, 3.05) is 13.6 Å². The normalized spacial score (nSPS) is 11.9. The van der Waals surface area contributed by atoms with E-state index in [1.807, 2.05) is 25.1 Å². The third kappa shape index (κ3) is 3.55. The lowest BCUT2D eigenvalue weighted by Gasteiger charge is -2.23. The summed E-state index contributed by atoms with van der Waals surface area (Å²) in [4.78, 5) is 13.2. The van der Waals surface area contributed by atoms with Gasteiger partial charge in [-0.15, -0.1) is 0 Å². The first kappa shape index (κ1) is 12.5. The summed E-state index contributed by atoms with van der Waals surface area (Å²) < 4.78 is 5.19. The minimum atomic E-state index is -0.354. The predicted molar refractivity (Wildman–Crippen MR) is 63.4 cm³/mol. The van der Waals surface area contributed by atoms with E-state index in [9.17, 15) is 4.79 Å². The molecule has 4 heteroatoms. The number of nitrogens with two attached hydrogens (primary N) is 1. The van der Waals surface area contributed by atoms with Gasteiger partial charge in [-0.1, -0.05) is 18.2 Å². The summed E-state index contributed by atoms with van der Waals surface area (Å²) in [6.07, 6.45) is 0.410. The van der Waals surface area contributed by atoms with E-state index in [-0.39, 0.29) is 12.1 Å². The van der Waals surface area contributed by atoms with Gasteiger partial charge in [0.05, 0.1) is 0 Å². The lowest BCUT2D eigenvalue weighted by Crippen LogP contribution is -2.38. The average Bonchev–Trinajstić information content (AvgIpc) is 2.29. The Morgan fingerprint density at radius 3 is 2.62 bits per heavy atom. The molecular weight excluding hydrogens is 204 g/mol. The van der Waals surface area contributed by atoms with E-state index in [1.165, 1.54) is 0 Å². The summed E-state index contributed by atoms with van der Waals surface area (Å²) in [5.74, 6) is 0.555. The highest BCUT2D eigenvalue weighted by molar-refractivity contribution is 5.70. The molecule has 88 valence electrons. The maximum absolute atomic E-state index is 11.7. The van der Waals surface area contributed by atoms with E-state index >= 15 is 0 Å². The van der Waals surface area contributed by atoms with Crippen molar-refractivity contribution in [1.82, 2.24) is 4.90 Å². The van der Waals surface area contributed by atoms with Gasteiger partial charge in [0, 0.05) is 13.1 Å². The highest BCUT2D eigenvalue weighted by atomic mass is 16.6. The van der Waals surface area contributed by atoms with Crippen molar-refractivity contribution in [3.63, 3.8) is 0 Å². The first-order valence-corrected chi connectivity index (χ1v) is 5.35. The molecule has 0 spiro atoms.